The minimum Gasteiger partial charge on any atom is -0.382 e. The Labute approximate surface area is 200 Å². The zero-order chi connectivity index (χ0) is 23.8. The predicted molar refractivity (Wildman–Crippen MR) is 132 cm³/mol. The molecule has 0 fully saturated rings. The molecule has 1 aliphatic carbocycles. The van der Waals surface area contributed by atoms with Crippen LogP contribution < -0.4 is 21.9 Å². The Kier molecular flexibility index (Phi) is 4.89. The van der Waals surface area contributed by atoms with E-state index in [4.69, 9.17) is 10.7 Å². The second-order valence-corrected chi connectivity index (χ2v) is 8.14. The summed E-state index contributed by atoms with van der Waals surface area (Å²) >= 11 is 0. The van der Waals surface area contributed by atoms with Crippen molar-refractivity contribution in [3.05, 3.63) is 95.2 Å². The lowest BCUT2D eigenvalue weighted by molar-refractivity contribution is 0.341. The van der Waals surface area contributed by atoms with Crippen LogP contribution in [0.2, 0.25) is 0 Å². The second kappa shape index (κ2) is 8.35. The quantitative estimate of drug-likeness (QED) is 0.480. The van der Waals surface area contributed by atoms with Crippen molar-refractivity contribution in [2.45, 2.75) is 13.0 Å². The van der Waals surface area contributed by atoms with Crippen LogP contribution in [0.4, 0.5) is 11.5 Å². The summed E-state index contributed by atoms with van der Waals surface area (Å²) in [6.45, 7) is 0.449. The number of hydrogen-bond acceptors (Lipinski definition) is 9. The molecule has 2 aliphatic rings. The summed E-state index contributed by atoms with van der Waals surface area (Å²) in [5.74, 6) is 0.310. The molecule has 3 aromatic heterocycles. The summed E-state index contributed by atoms with van der Waals surface area (Å²) < 4.78 is 0. The molecule has 0 unspecified atom stereocenters. The van der Waals surface area contributed by atoms with E-state index in [1.165, 1.54) is 0 Å². The molecule has 3 N–H and O–H groups in total. The van der Waals surface area contributed by atoms with Crippen molar-refractivity contribution in [1.82, 2.24) is 25.1 Å². The Morgan fingerprint density at radius 3 is 2.77 bits per heavy atom. The van der Waals surface area contributed by atoms with Crippen molar-refractivity contribution in [1.29, 1.82) is 5.26 Å². The summed E-state index contributed by atoms with van der Waals surface area (Å²) in [6, 6.07) is 13.9. The Morgan fingerprint density at radius 1 is 1.06 bits per heavy atom. The summed E-state index contributed by atoms with van der Waals surface area (Å²) in [5.41, 5.74) is 16.2. The summed E-state index contributed by atoms with van der Waals surface area (Å²) in [6.07, 6.45) is 11.4. The van der Waals surface area contributed by atoms with Gasteiger partial charge in [0, 0.05) is 24.2 Å². The van der Waals surface area contributed by atoms with Crippen molar-refractivity contribution in [3.63, 3.8) is 0 Å². The van der Waals surface area contributed by atoms with Crippen molar-refractivity contribution in [2.75, 3.05) is 11.2 Å². The van der Waals surface area contributed by atoms with Crippen LogP contribution in [-0.2, 0) is 6.54 Å². The topological polar surface area (TPSA) is 129 Å². The number of pyridine rings is 2. The predicted octanol–water partition coefficient (Wildman–Crippen LogP) is 2.61. The molecule has 1 aliphatic heterocycles. The lowest BCUT2D eigenvalue weighted by Gasteiger charge is -2.17. The van der Waals surface area contributed by atoms with Gasteiger partial charge in [0.1, 0.15) is 6.54 Å². The van der Waals surface area contributed by atoms with E-state index in [2.05, 4.69) is 31.5 Å². The first kappa shape index (κ1) is 20.5. The molecular formula is C26H19N9. The Balaban J connectivity index is 1.58. The van der Waals surface area contributed by atoms with Crippen LogP contribution in [-0.4, -0.2) is 25.1 Å². The van der Waals surface area contributed by atoms with Crippen LogP contribution in [0.3, 0.4) is 0 Å². The maximum absolute atomic E-state index is 9.46. The van der Waals surface area contributed by atoms with E-state index in [9.17, 15) is 5.26 Å². The van der Waals surface area contributed by atoms with Crippen LogP contribution >= 0.6 is 0 Å². The molecule has 1 aromatic carbocycles. The molecule has 0 saturated heterocycles. The number of hydrazine groups is 1. The lowest BCUT2D eigenvalue weighted by atomic mass is 9.96. The van der Waals surface area contributed by atoms with Gasteiger partial charge in [-0.05, 0) is 54.0 Å². The van der Waals surface area contributed by atoms with Gasteiger partial charge in [0.05, 0.1) is 39.4 Å². The minimum atomic E-state index is 0.310. The van der Waals surface area contributed by atoms with Crippen LogP contribution in [0.5, 0.6) is 0 Å². The average Bonchev–Trinajstić information content (AvgIpc) is 3.33. The Morgan fingerprint density at radius 2 is 1.94 bits per heavy atom. The number of nitrogen functional groups attached to an aromatic ring is 1. The third-order valence-corrected chi connectivity index (χ3v) is 5.85. The van der Waals surface area contributed by atoms with Gasteiger partial charge in [-0.3, -0.25) is 20.4 Å². The van der Waals surface area contributed by atoms with Gasteiger partial charge < -0.3 is 5.73 Å². The number of nitrogens with one attached hydrogen (secondary N) is 1. The van der Waals surface area contributed by atoms with Crippen molar-refractivity contribution in [3.8, 4) is 17.2 Å². The fourth-order valence-corrected chi connectivity index (χ4v) is 4.27. The molecule has 0 bridgehead atoms. The van der Waals surface area contributed by atoms with Crippen molar-refractivity contribution < 1.29 is 0 Å². The largest absolute Gasteiger partial charge is 0.382 e. The summed E-state index contributed by atoms with van der Waals surface area (Å²) in [7, 11) is 0. The van der Waals surface area contributed by atoms with Gasteiger partial charge in [-0.1, -0.05) is 18.2 Å². The highest BCUT2D eigenvalue weighted by Crippen LogP contribution is 2.29. The van der Waals surface area contributed by atoms with E-state index in [1.54, 1.807) is 23.7 Å². The van der Waals surface area contributed by atoms with Gasteiger partial charge in [-0.25, -0.2) is 10.1 Å². The number of allylic oxidation sites excluding steroid dienone is 4. The number of nitrogens with zero attached hydrogens (tertiary/aromatic N) is 7. The normalized spacial score (nSPS) is 15.7. The maximum atomic E-state index is 9.46. The van der Waals surface area contributed by atoms with Crippen LogP contribution in [0.15, 0.2) is 83.9 Å². The number of hydrogen-bond donors (Lipinski definition) is 2. The first-order valence-electron chi connectivity index (χ1n) is 11.0. The zero-order valence-corrected chi connectivity index (χ0v) is 18.6. The highest BCUT2D eigenvalue weighted by atomic mass is 15.7. The Bertz CT molecular complexity index is 1700. The zero-order valence-electron chi connectivity index (χ0n) is 18.6. The van der Waals surface area contributed by atoms with Crippen molar-refractivity contribution >= 4 is 28.1 Å². The summed E-state index contributed by atoms with van der Waals surface area (Å²) in [5, 5.41) is 17.1. The first-order valence-corrected chi connectivity index (χ1v) is 11.0. The molecule has 0 radical (unpaired) electrons. The van der Waals surface area contributed by atoms with Crippen molar-refractivity contribution in [2.24, 2.45) is 5.10 Å². The number of rotatable bonds is 3. The standard InChI is InChI=1S/C26H19N9/c27-14-16-4-3-5-18(12-16)23-22(17-7-8-20-21(13-17)31-11-10-30-20)24-25(26(28)32-23)34-35(33-24)15-19-6-1-2-9-29-19/h1-4,6-13,33H,5,15H2,(H2,28,32). The van der Waals surface area contributed by atoms with E-state index in [-0.39, 0.29) is 0 Å². The molecule has 0 spiro atoms. The van der Waals surface area contributed by atoms with E-state index in [0.29, 0.717) is 35.1 Å². The number of anilines is 2. The fraction of sp³-hybridized carbons (Fsp3) is 0.0769. The highest BCUT2D eigenvalue weighted by Gasteiger charge is 2.23. The highest BCUT2D eigenvalue weighted by molar-refractivity contribution is 5.88. The molecule has 4 heterocycles. The van der Waals surface area contributed by atoms with E-state index >= 15 is 0 Å². The van der Waals surface area contributed by atoms with Gasteiger partial charge in [-0.2, -0.15) is 10.4 Å². The first-order chi connectivity index (χ1) is 17.2. The third kappa shape index (κ3) is 3.73. The van der Waals surface area contributed by atoms with Gasteiger partial charge in [0.15, 0.2) is 11.2 Å². The van der Waals surface area contributed by atoms with Crippen LogP contribution in [0, 0.1) is 11.3 Å². The second-order valence-electron chi connectivity index (χ2n) is 8.14. The average molecular weight is 458 g/mol. The molecule has 6 rings (SSSR count). The SMILES string of the molecule is N#CC1=CC(=c2nc(N)c3c(c2-c2ccc4nccnc4c2)NN(Cc2ccccn2)N=3)CC=C1. The van der Waals surface area contributed by atoms with Crippen LogP contribution in [0.25, 0.3) is 27.7 Å². The van der Waals surface area contributed by atoms with E-state index in [0.717, 1.165) is 39.1 Å². The summed E-state index contributed by atoms with van der Waals surface area (Å²) in [4.78, 5) is 18.0. The molecule has 35 heavy (non-hydrogen) atoms. The monoisotopic (exact) mass is 457 g/mol. The number of nitriles is 1. The van der Waals surface area contributed by atoms with Crippen LogP contribution in [0.1, 0.15) is 12.1 Å². The minimum absolute atomic E-state index is 0.310. The molecule has 9 heteroatoms. The van der Waals surface area contributed by atoms with Gasteiger partial charge in [0.2, 0.25) is 0 Å². The molecule has 9 nitrogen and oxygen atoms in total. The molecule has 0 saturated carbocycles. The van der Waals surface area contributed by atoms with E-state index in [1.807, 2.05) is 54.6 Å². The van der Waals surface area contributed by atoms with E-state index < -0.39 is 0 Å². The van der Waals surface area contributed by atoms with Gasteiger partial charge >= 0.3 is 0 Å². The number of benzene rings is 1. The van der Waals surface area contributed by atoms with Gasteiger partial charge in [0.25, 0.3) is 0 Å². The molecular weight excluding hydrogens is 438 g/mol. The Hall–Kier alpha value is -5.10. The fourth-order valence-electron chi connectivity index (χ4n) is 4.27. The molecule has 168 valence electrons. The molecule has 0 amide bonds. The molecule has 4 aromatic rings. The number of fused-ring (bicyclic) bond motifs is 2. The number of nitrogens with two attached hydrogens (primary N) is 1. The molecule has 0 atom stereocenters. The smallest absolute Gasteiger partial charge is 0.154 e. The van der Waals surface area contributed by atoms with Gasteiger partial charge in [-0.15, -0.1) is 0 Å². The lowest BCUT2D eigenvalue weighted by Crippen LogP contribution is -2.26. The third-order valence-electron chi connectivity index (χ3n) is 5.85. The maximum Gasteiger partial charge on any atom is 0.154 e. The number of aromatic nitrogens is 4.